The van der Waals surface area contributed by atoms with Gasteiger partial charge in [-0.05, 0) is 0 Å². The molecule has 52 heavy (non-hydrogen) atoms. The zero-order chi connectivity index (χ0) is 40.5. The van der Waals surface area contributed by atoms with E-state index in [0.29, 0.717) is 0 Å². The molecule has 28 nitrogen and oxygen atoms in total. The van der Waals surface area contributed by atoms with Crippen molar-refractivity contribution in [2.24, 2.45) is 0 Å². The number of aliphatic hydroxyl groups is 14. The van der Waals surface area contributed by atoms with Gasteiger partial charge in [0.25, 0.3) is 0 Å². The summed E-state index contributed by atoms with van der Waals surface area (Å²) in [5, 5.41) is 133. The summed E-state index contributed by atoms with van der Waals surface area (Å²) >= 11 is 0. The van der Waals surface area contributed by atoms with Crippen LogP contribution in [0.15, 0.2) is 0 Å². The van der Waals surface area contributed by atoms with Gasteiger partial charge in [0.05, 0.1) is 26.4 Å². The van der Waals surface area contributed by atoms with Crippen LogP contribution in [-0.4, -0.2) is 244 Å². The summed E-state index contributed by atoms with van der Waals surface area (Å²) in [6, 6.07) is 0. The summed E-state index contributed by atoms with van der Waals surface area (Å²) in [6.07, 6.45) is -26.5. The van der Waals surface area contributed by atoms with Crippen molar-refractivity contribution in [3.63, 3.8) is 0 Å². The first-order valence-electron chi connectivity index (χ1n) is 14.4. The maximum atomic E-state index is 9.94. The fraction of sp³-hybridized carbons (Fsp3) is 1.00. The van der Waals surface area contributed by atoms with Crippen LogP contribution in [0.3, 0.4) is 0 Å². The Labute approximate surface area is 292 Å². The molecule has 4 rings (SSSR count). The first-order valence-corrected chi connectivity index (χ1v) is 17.2. The second kappa shape index (κ2) is 21.3. The zero-order valence-corrected chi connectivity index (χ0v) is 27.8. The van der Waals surface area contributed by atoms with Crippen molar-refractivity contribution in [3.8, 4) is 0 Å². The summed E-state index contributed by atoms with van der Waals surface area (Å²) in [4.78, 5) is 0. The Hall–Kier alpha value is -1.06. The molecule has 4 aliphatic heterocycles. The second-order valence-electron chi connectivity index (χ2n) is 11.1. The third-order valence-corrected chi connectivity index (χ3v) is 7.20. The molecule has 0 aromatic carbocycles. The van der Waals surface area contributed by atoms with Crippen LogP contribution in [-0.2, 0) is 49.2 Å². The van der Waals surface area contributed by atoms with Crippen LogP contribution < -0.4 is 0 Å². The van der Waals surface area contributed by atoms with Crippen molar-refractivity contribution in [2.45, 2.75) is 111 Å². The van der Waals surface area contributed by atoms with Crippen molar-refractivity contribution in [1.29, 1.82) is 0 Å². The SMILES string of the molecule is O=S(=O)(O)O.O=S(=O)(O)O.OC1[C@H](O[C@@H]2CO[C@@H](O)C(O)[C@@H]2O)OC[C@@H](O)[C@H]1O.OCC1O[C@@H](O)[C@@H](O)C(O)[C@@H]1O[C@@H]1OC(CO)[C@@H](O)[C@H](O)C1O. The molecule has 312 valence electrons. The Bertz CT molecular complexity index is 1160. The first kappa shape index (κ1) is 49.0. The quantitative estimate of drug-likeness (QED) is 0.111. The van der Waals surface area contributed by atoms with Gasteiger partial charge < -0.3 is 99.9 Å². The summed E-state index contributed by atoms with van der Waals surface area (Å²) in [7, 11) is -9.33. The topological polar surface area (TPSA) is 488 Å². The molecule has 18 atom stereocenters. The zero-order valence-electron chi connectivity index (χ0n) is 26.2. The first-order chi connectivity index (χ1) is 23.7. The minimum Gasteiger partial charge on any atom is -0.394 e. The second-order valence-corrected chi connectivity index (χ2v) is 12.8. The molecule has 0 bridgehead atoms. The highest BCUT2D eigenvalue weighted by Gasteiger charge is 2.50. The maximum absolute atomic E-state index is 9.94. The third kappa shape index (κ3) is 15.6. The van der Waals surface area contributed by atoms with E-state index in [2.05, 4.69) is 0 Å². The van der Waals surface area contributed by atoms with Gasteiger partial charge in [0, 0.05) is 0 Å². The van der Waals surface area contributed by atoms with Crippen molar-refractivity contribution in [1.82, 2.24) is 0 Å². The summed E-state index contributed by atoms with van der Waals surface area (Å²) in [5.41, 5.74) is 0. The molecule has 4 heterocycles. The normalized spacial score (nSPS) is 44.1. The van der Waals surface area contributed by atoms with Crippen LogP contribution >= 0.6 is 0 Å². The average molecular weight is 821 g/mol. The van der Waals surface area contributed by atoms with E-state index in [0.717, 1.165) is 0 Å². The average Bonchev–Trinajstić information content (AvgIpc) is 3.04. The molecule has 4 saturated heterocycles. The fourth-order valence-electron chi connectivity index (χ4n) is 4.54. The summed E-state index contributed by atoms with van der Waals surface area (Å²) in [6.45, 7) is -1.80. The minimum atomic E-state index is -4.67. The lowest BCUT2D eigenvalue weighted by Gasteiger charge is -2.45. The van der Waals surface area contributed by atoms with Gasteiger partial charge in [-0.25, -0.2) is 0 Å². The van der Waals surface area contributed by atoms with Crippen molar-refractivity contribution < 1.29 is 135 Å². The Morgan fingerprint density at radius 1 is 0.481 bits per heavy atom. The molecule has 4 aliphatic rings. The van der Waals surface area contributed by atoms with Crippen LogP contribution in [0.1, 0.15) is 0 Å². The lowest BCUT2D eigenvalue weighted by molar-refractivity contribution is -0.355. The van der Waals surface area contributed by atoms with Gasteiger partial charge in [0.1, 0.15) is 85.5 Å². The van der Waals surface area contributed by atoms with Gasteiger partial charge in [-0.3, -0.25) is 18.2 Å². The standard InChI is InChI=1S/C12H22O11.C10H18O9.2H2O4S/c13-1-3-5(15)6(16)9(19)12(22-3)23-10-4(2-14)21-11(20)8(18)7(10)17;11-3-1-18-10(8(15)5(3)12)19-4-2-17-9(16)7(14)6(4)13;2*1-5(2,3)4/h3-20H,1-2H2;3-16H,1-2H2;2*(H2,1,2,3,4)/t3?,4?,5-,6+,7?,8+,9?,10-,11-,12+;3-,4-,5-,6-,7?,8?,9-,10+;;/m11../s1. The highest BCUT2D eigenvalue weighted by molar-refractivity contribution is 7.80. The van der Waals surface area contributed by atoms with E-state index in [4.69, 9.17) is 73.7 Å². The smallest absolute Gasteiger partial charge is 0.394 e. The Kier molecular flexibility index (Phi) is 20.1. The fourth-order valence-corrected chi connectivity index (χ4v) is 4.54. The molecule has 18 N–H and O–H groups in total. The number of hydrogen-bond acceptors (Lipinski definition) is 24. The molecular weight excluding hydrogens is 776 g/mol. The van der Waals surface area contributed by atoms with E-state index in [1.807, 2.05) is 0 Å². The van der Waals surface area contributed by atoms with E-state index in [-0.39, 0.29) is 13.2 Å². The Morgan fingerprint density at radius 3 is 1.46 bits per heavy atom. The summed E-state index contributed by atoms with van der Waals surface area (Å²) < 4.78 is 93.4. The van der Waals surface area contributed by atoms with Crippen molar-refractivity contribution >= 4 is 20.8 Å². The number of ether oxygens (including phenoxy) is 6. The molecule has 0 spiro atoms. The monoisotopic (exact) mass is 820 g/mol. The molecule has 6 unspecified atom stereocenters. The van der Waals surface area contributed by atoms with Gasteiger partial charge in [-0.1, -0.05) is 0 Å². The third-order valence-electron chi connectivity index (χ3n) is 7.20. The number of rotatable bonds is 6. The van der Waals surface area contributed by atoms with Gasteiger partial charge in [-0.2, -0.15) is 16.8 Å². The predicted octanol–water partition coefficient (Wildman–Crippen LogP) is -10.8. The van der Waals surface area contributed by atoms with E-state index in [1.165, 1.54) is 0 Å². The van der Waals surface area contributed by atoms with E-state index >= 15 is 0 Å². The van der Waals surface area contributed by atoms with Crippen molar-refractivity contribution in [2.75, 3.05) is 26.4 Å². The Morgan fingerprint density at radius 2 is 0.962 bits per heavy atom. The molecule has 0 saturated carbocycles. The highest BCUT2D eigenvalue weighted by Crippen LogP contribution is 2.28. The van der Waals surface area contributed by atoms with E-state index in [9.17, 15) is 61.3 Å². The van der Waals surface area contributed by atoms with Crippen LogP contribution in [0, 0.1) is 0 Å². The molecule has 0 radical (unpaired) electrons. The summed E-state index contributed by atoms with van der Waals surface area (Å²) in [5.74, 6) is 0. The van der Waals surface area contributed by atoms with E-state index < -0.39 is 145 Å². The molecule has 0 amide bonds. The van der Waals surface area contributed by atoms with Crippen LogP contribution in [0.5, 0.6) is 0 Å². The van der Waals surface area contributed by atoms with Gasteiger partial charge >= 0.3 is 20.8 Å². The van der Waals surface area contributed by atoms with E-state index in [1.54, 1.807) is 0 Å². The van der Waals surface area contributed by atoms with Gasteiger partial charge in [0.2, 0.25) is 0 Å². The lowest BCUT2D eigenvalue weighted by Crippen LogP contribution is -2.64. The lowest BCUT2D eigenvalue weighted by atomic mass is 9.97. The molecule has 0 aromatic heterocycles. The van der Waals surface area contributed by atoms with Crippen LogP contribution in [0.2, 0.25) is 0 Å². The highest BCUT2D eigenvalue weighted by atomic mass is 32.3. The molecule has 4 fully saturated rings. The predicted molar refractivity (Wildman–Crippen MR) is 154 cm³/mol. The van der Waals surface area contributed by atoms with Crippen LogP contribution in [0.4, 0.5) is 0 Å². The maximum Gasteiger partial charge on any atom is 0.394 e. The van der Waals surface area contributed by atoms with Crippen LogP contribution in [0.25, 0.3) is 0 Å². The van der Waals surface area contributed by atoms with Gasteiger partial charge in [-0.15, -0.1) is 0 Å². The molecular formula is C22H44O28S2. The van der Waals surface area contributed by atoms with Gasteiger partial charge in [0.15, 0.2) is 25.2 Å². The molecule has 0 aliphatic carbocycles. The minimum absolute atomic E-state index is 0.218. The molecule has 0 aromatic rings. The van der Waals surface area contributed by atoms with Crippen molar-refractivity contribution in [3.05, 3.63) is 0 Å². The largest absolute Gasteiger partial charge is 0.394 e. The number of hydrogen-bond donors (Lipinski definition) is 18. The Balaban J connectivity index is 0.000000417. The number of aliphatic hydroxyl groups excluding tert-OH is 14. The molecule has 30 heteroatoms.